The summed E-state index contributed by atoms with van der Waals surface area (Å²) >= 11 is 0. The van der Waals surface area contributed by atoms with E-state index in [-0.39, 0.29) is 11.9 Å². The smallest absolute Gasteiger partial charge is 0.310 e. The van der Waals surface area contributed by atoms with Gasteiger partial charge in [0.1, 0.15) is 0 Å². The first-order chi connectivity index (χ1) is 14.6. The molecule has 0 aromatic heterocycles. The molecule has 0 saturated heterocycles. The predicted octanol–water partition coefficient (Wildman–Crippen LogP) is 7.01. The fourth-order valence-electron chi connectivity index (χ4n) is 3.91. The van der Waals surface area contributed by atoms with E-state index in [1.165, 1.54) is 64.2 Å². The summed E-state index contributed by atoms with van der Waals surface area (Å²) < 4.78 is 10.9. The highest BCUT2D eigenvalue weighted by Gasteiger charge is 2.36. The van der Waals surface area contributed by atoms with E-state index in [0.717, 1.165) is 12.8 Å². The van der Waals surface area contributed by atoms with E-state index < -0.39 is 11.8 Å². The van der Waals surface area contributed by atoms with Crippen molar-refractivity contribution >= 4 is 11.9 Å². The fourth-order valence-corrected chi connectivity index (χ4v) is 3.91. The van der Waals surface area contributed by atoms with Gasteiger partial charge < -0.3 is 9.47 Å². The number of ether oxygens (including phenoxy) is 2. The number of unbranched alkanes of at least 4 members (excludes halogenated alkanes) is 11. The molecule has 0 radical (unpaired) electrons. The van der Waals surface area contributed by atoms with Crippen LogP contribution in [0.3, 0.4) is 0 Å². The molecule has 0 aliphatic heterocycles. The highest BCUT2D eigenvalue weighted by Crippen LogP contribution is 2.28. The number of hydrogen-bond acceptors (Lipinski definition) is 4. The van der Waals surface area contributed by atoms with E-state index in [9.17, 15) is 9.59 Å². The number of carbonyl (C=O) groups excluding carboxylic acids is 2. The second-order valence-electron chi connectivity index (χ2n) is 9.24. The molecule has 2 atom stereocenters. The monoisotopic (exact) mass is 422 g/mol. The second kappa shape index (κ2) is 17.4. The Morgan fingerprint density at radius 2 is 1.17 bits per heavy atom. The van der Waals surface area contributed by atoms with E-state index in [1.807, 2.05) is 26.0 Å². The highest BCUT2D eigenvalue weighted by molar-refractivity contribution is 5.82. The maximum absolute atomic E-state index is 12.5. The number of rotatable bonds is 17. The van der Waals surface area contributed by atoms with Crippen molar-refractivity contribution in [1.29, 1.82) is 0 Å². The lowest BCUT2D eigenvalue weighted by molar-refractivity contribution is -0.161. The summed E-state index contributed by atoms with van der Waals surface area (Å²) in [6, 6.07) is 0. The summed E-state index contributed by atoms with van der Waals surface area (Å²) in [7, 11) is 0. The van der Waals surface area contributed by atoms with Crippen LogP contribution in [0.1, 0.15) is 111 Å². The van der Waals surface area contributed by atoms with Crippen molar-refractivity contribution in [3.63, 3.8) is 0 Å². The average molecular weight is 423 g/mol. The van der Waals surface area contributed by atoms with E-state index >= 15 is 0 Å². The van der Waals surface area contributed by atoms with Crippen molar-refractivity contribution in [2.75, 3.05) is 13.2 Å². The van der Waals surface area contributed by atoms with Gasteiger partial charge in [-0.05, 0) is 25.2 Å². The molecule has 0 saturated carbocycles. The molecule has 1 aliphatic carbocycles. The van der Waals surface area contributed by atoms with Crippen molar-refractivity contribution in [2.45, 2.75) is 111 Å². The Morgan fingerprint density at radius 3 is 1.63 bits per heavy atom. The zero-order valence-corrected chi connectivity index (χ0v) is 19.8. The zero-order chi connectivity index (χ0) is 22.0. The van der Waals surface area contributed by atoms with Crippen molar-refractivity contribution < 1.29 is 19.1 Å². The highest BCUT2D eigenvalue weighted by atomic mass is 16.5. The van der Waals surface area contributed by atoms with Gasteiger partial charge >= 0.3 is 11.9 Å². The van der Waals surface area contributed by atoms with Gasteiger partial charge in [0.25, 0.3) is 0 Å². The van der Waals surface area contributed by atoms with E-state index in [0.29, 0.717) is 32.0 Å². The molecule has 0 aromatic rings. The lowest BCUT2D eigenvalue weighted by Crippen LogP contribution is -2.34. The summed E-state index contributed by atoms with van der Waals surface area (Å²) in [5.74, 6) is -1.01. The number of hydrogen-bond donors (Lipinski definition) is 0. The van der Waals surface area contributed by atoms with Crippen LogP contribution >= 0.6 is 0 Å². The lowest BCUT2D eigenvalue weighted by Gasteiger charge is -2.25. The van der Waals surface area contributed by atoms with Gasteiger partial charge in [-0.1, -0.05) is 104 Å². The van der Waals surface area contributed by atoms with Gasteiger partial charge in [-0.15, -0.1) is 0 Å². The number of allylic oxidation sites excluding steroid dienone is 2. The largest absolute Gasteiger partial charge is 0.465 e. The summed E-state index contributed by atoms with van der Waals surface area (Å²) in [5, 5.41) is 0. The van der Waals surface area contributed by atoms with E-state index in [4.69, 9.17) is 9.47 Å². The van der Waals surface area contributed by atoms with Crippen molar-refractivity contribution in [3.8, 4) is 0 Å². The minimum absolute atomic E-state index is 0.242. The molecule has 0 aromatic carbocycles. The van der Waals surface area contributed by atoms with Gasteiger partial charge in [0.15, 0.2) is 0 Å². The van der Waals surface area contributed by atoms with Crippen LogP contribution in [0.4, 0.5) is 0 Å². The second-order valence-corrected chi connectivity index (χ2v) is 9.24. The molecule has 1 rings (SSSR count). The molecule has 0 heterocycles. The third kappa shape index (κ3) is 12.4. The average Bonchev–Trinajstić information content (AvgIpc) is 2.75. The first-order valence-electron chi connectivity index (χ1n) is 12.5. The number of carbonyl (C=O) groups is 2. The Labute approximate surface area is 185 Å². The topological polar surface area (TPSA) is 52.6 Å². The van der Waals surface area contributed by atoms with Crippen LogP contribution in [-0.2, 0) is 19.1 Å². The van der Waals surface area contributed by atoms with Crippen molar-refractivity contribution in [3.05, 3.63) is 12.2 Å². The number of esters is 2. The van der Waals surface area contributed by atoms with Gasteiger partial charge in [0, 0.05) is 0 Å². The molecule has 1 aliphatic rings. The summed E-state index contributed by atoms with van der Waals surface area (Å²) in [4.78, 5) is 24.8. The molecule has 0 fully saturated rings. The Morgan fingerprint density at radius 1 is 0.733 bits per heavy atom. The van der Waals surface area contributed by atoms with Gasteiger partial charge in [-0.25, -0.2) is 0 Å². The van der Waals surface area contributed by atoms with Crippen LogP contribution < -0.4 is 0 Å². The van der Waals surface area contributed by atoms with Crippen LogP contribution in [0.5, 0.6) is 0 Å². The van der Waals surface area contributed by atoms with Crippen LogP contribution in [0.2, 0.25) is 0 Å². The molecule has 0 spiro atoms. The standard InChI is InChI=1S/C26H46O4/c1-4-5-6-7-8-9-10-11-12-13-14-17-20-29-25(27)23-18-15-16-19-24(23)26(28)30-21-22(2)3/h15-16,22-24H,4-14,17-21H2,1-3H3. The summed E-state index contributed by atoms with van der Waals surface area (Å²) in [5.41, 5.74) is 0. The zero-order valence-electron chi connectivity index (χ0n) is 19.8. The molecule has 0 bridgehead atoms. The summed E-state index contributed by atoms with van der Waals surface area (Å²) in [6.45, 7) is 7.14. The minimum Gasteiger partial charge on any atom is -0.465 e. The molecule has 30 heavy (non-hydrogen) atoms. The van der Waals surface area contributed by atoms with Crippen LogP contribution in [0, 0.1) is 17.8 Å². The molecule has 0 amide bonds. The maximum atomic E-state index is 12.5. The summed E-state index contributed by atoms with van der Waals surface area (Å²) in [6.07, 6.45) is 20.5. The molecule has 4 heteroatoms. The Balaban J connectivity index is 2.08. The normalized spacial score (nSPS) is 18.5. The van der Waals surface area contributed by atoms with Gasteiger partial charge in [0.2, 0.25) is 0 Å². The van der Waals surface area contributed by atoms with Gasteiger partial charge in [-0.3, -0.25) is 9.59 Å². The van der Waals surface area contributed by atoms with Crippen molar-refractivity contribution in [1.82, 2.24) is 0 Å². The molecule has 174 valence electrons. The predicted molar refractivity (Wildman–Crippen MR) is 123 cm³/mol. The van der Waals surface area contributed by atoms with Crippen LogP contribution in [0.25, 0.3) is 0 Å². The Kier molecular flexibility index (Phi) is 15.5. The lowest BCUT2D eigenvalue weighted by atomic mass is 9.83. The minimum atomic E-state index is -0.400. The van der Waals surface area contributed by atoms with Crippen molar-refractivity contribution in [2.24, 2.45) is 17.8 Å². The van der Waals surface area contributed by atoms with Crippen LogP contribution in [0.15, 0.2) is 12.2 Å². The first-order valence-corrected chi connectivity index (χ1v) is 12.5. The SMILES string of the molecule is CCCCCCCCCCCCCCOC(=O)C1CC=CCC1C(=O)OCC(C)C. The quantitative estimate of drug-likeness (QED) is 0.144. The molecular formula is C26H46O4. The first kappa shape index (κ1) is 26.7. The Hall–Kier alpha value is -1.32. The third-order valence-corrected chi connectivity index (χ3v) is 5.84. The maximum Gasteiger partial charge on any atom is 0.310 e. The third-order valence-electron chi connectivity index (χ3n) is 5.84. The van der Waals surface area contributed by atoms with Gasteiger partial charge in [0.05, 0.1) is 25.0 Å². The molecule has 4 nitrogen and oxygen atoms in total. The Bertz CT molecular complexity index is 483. The van der Waals surface area contributed by atoms with E-state index in [2.05, 4.69) is 6.92 Å². The van der Waals surface area contributed by atoms with Gasteiger partial charge in [-0.2, -0.15) is 0 Å². The molecule has 0 N–H and O–H groups in total. The van der Waals surface area contributed by atoms with E-state index in [1.54, 1.807) is 0 Å². The van der Waals surface area contributed by atoms with Crippen LogP contribution in [-0.4, -0.2) is 25.2 Å². The molecular weight excluding hydrogens is 376 g/mol. The molecule has 2 unspecified atom stereocenters. The fraction of sp³-hybridized carbons (Fsp3) is 0.846.